The second-order valence-corrected chi connectivity index (χ2v) is 5.33. The first-order valence-corrected chi connectivity index (χ1v) is 6.80. The summed E-state index contributed by atoms with van der Waals surface area (Å²) in [6.07, 6.45) is 3.66. The Balaban J connectivity index is 1.75. The van der Waals surface area contributed by atoms with Gasteiger partial charge < -0.3 is 4.98 Å². The Bertz CT molecular complexity index is 495. The Hall–Kier alpha value is -1.26. The number of nitrogens with one attached hydrogen (secondary N) is 2. The number of thioether (sulfide) groups is 1. The van der Waals surface area contributed by atoms with Crippen LogP contribution in [0.25, 0.3) is 0 Å². The summed E-state index contributed by atoms with van der Waals surface area (Å²) in [6.45, 7) is 2.14. The fourth-order valence-electron chi connectivity index (χ4n) is 2.20. The number of nitrogens with zero attached hydrogens (tertiary/aromatic N) is 1. The van der Waals surface area contributed by atoms with Crippen molar-refractivity contribution in [1.82, 2.24) is 15.3 Å². The number of H-pyrrole nitrogens is 1. The maximum absolute atomic E-state index is 4.29. The quantitative estimate of drug-likeness (QED) is 0.873. The molecule has 2 unspecified atom stereocenters. The number of fused-ring (bicyclic) bond motifs is 1. The minimum atomic E-state index is 0.252. The van der Waals surface area contributed by atoms with Crippen molar-refractivity contribution < 1.29 is 0 Å². The molecule has 2 heterocycles. The van der Waals surface area contributed by atoms with E-state index in [1.54, 1.807) is 6.20 Å². The third-order valence-corrected chi connectivity index (χ3v) is 4.26. The maximum atomic E-state index is 4.29. The van der Waals surface area contributed by atoms with Gasteiger partial charge in [-0.1, -0.05) is 18.2 Å². The summed E-state index contributed by atoms with van der Waals surface area (Å²) < 4.78 is 0. The molecule has 3 nitrogen and oxygen atoms in total. The highest BCUT2D eigenvalue weighted by atomic mass is 32.2. The van der Waals surface area contributed by atoms with Gasteiger partial charge in [0.2, 0.25) is 0 Å². The van der Waals surface area contributed by atoms with Crippen molar-refractivity contribution in [2.24, 2.45) is 0 Å². The molecular formula is C13H15N3S. The zero-order valence-corrected chi connectivity index (χ0v) is 10.5. The van der Waals surface area contributed by atoms with Crippen LogP contribution in [0.3, 0.4) is 0 Å². The molecule has 1 aromatic heterocycles. The molecule has 2 aromatic rings. The van der Waals surface area contributed by atoms with Gasteiger partial charge in [0, 0.05) is 29.1 Å². The van der Waals surface area contributed by atoms with Crippen LogP contribution in [-0.4, -0.2) is 15.7 Å². The van der Waals surface area contributed by atoms with Crippen LogP contribution in [0.4, 0.5) is 0 Å². The molecule has 1 aromatic carbocycles. The molecule has 2 atom stereocenters. The highest BCUT2D eigenvalue weighted by Crippen LogP contribution is 2.38. The van der Waals surface area contributed by atoms with Gasteiger partial charge in [-0.05, 0) is 18.6 Å². The van der Waals surface area contributed by atoms with Crippen LogP contribution < -0.4 is 5.32 Å². The van der Waals surface area contributed by atoms with E-state index in [1.807, 2.05) is 18.0 Å². The number of rotatable bonds is 3. The molecular weight excluding hydrogens is 230 g/mol. The molecule has 0 radical (unpaired) electrons. The topological polar surface area (TPSA) is 40.7 Å². The minimum absolute atomic E-state index is 0.252. The predicted molar refractivity (Wildman–Crippen MR) is 70.0 cm³/mol. The molecule has 88 valence electrons. The number of hydrogen-bond acceptors (Lipinski definition) is 3. The summed E-state index contributed by atoms with van der Waals surface area (Å²) in [7, 11) is 0. The Morgan fingerprint density at radius 1 is 1.47 bits per heavy atom. The van der Waals surface area contributed by atoms with E-state index in [-0.39, 0.29) is 6.04 Å². The zero-order chi connectivity index (χ0) is 11.7. The lowest BCUT2D eigenvalue weighted by atomic mass is 10.1. The van der Waals surface area contributed by atoms with E-state index in [4.69, 9.17) is 0 Å². The van der Waals surface area contributed by atoms with E-state index in [9.17, 15) is 0 Å². The van der Waals surface area contributed by atoms with Crippen LogP contribution in [0.15, 0.2) is 41.6 Å². The average molecular weight is 245 g/mol. The fourth-order valence-corrected chi connectivity index (χ4v) is 3.37. The molecule has 0 fully saturated rings. The van der Waals surface area contributed by atoms with Crippen LogP contribution in [0.2, 0.25) is 0 Å². The molecule has 0 spiro atoms. The average Bonchev–Trinajstić information content (AvgIpc) is 2.98. The molecule has 2 N–H and O–H groups in total. The number of benzene rings is 1. The van der Waals surface area contributed by atoms with Crippen molar-refractivity contribution in [3.63, 3.8) is 0 Å². The van der Waals surface area contributed by atoms with E-state index >= 15 is 0 Å². The first-order chi connectivity index (χ1) is 8.34. The van der Waals surface area contributed by atoms with Crippen LogP contribution in [0.5, 0.6) is 0 Å². The normalized spacial score (nSPS) is 20.2. The van der Waals surface area contributed by atoms with Gasteiger partial charge in [-0.15, -0.1) is 11.8 Å². The summed E-state index contributed by atoms with van der Waals surface area (Å²) in [4.78, 5) is 8.84. The van der Waals surface area contributed by atoms with Crippen molar-refractivity contribution in [3.8, 4) is 0 Å². The Morgan fingerprint density at radius 2 is 2.35 bits per heavy atom. The number of imidazole rings is 1. The smallest absolute Gasteiger partial charge is 0.122 e. The predicted octanol–water partition coefficient (Wildman–Crippen LogP) is 2.91. The largest absolute Gasteiger partial charge is 0.347 e. The summed E-state index contributed by atoms with van der Waals surface area (Å²) in [5, 5.41) is 3.62. The maximum Gasteiger partial charge on any atom is 0.122 e. The lowest BCUT2D eigenvalue weighted by molar-refractivity contribution is 0.485. The molecule has 0 bridgehead atoms. The minimum Gasteiger partial charge on any atom is -0.347 e. The molecule has 3 rings (SSSR count). The van der Waals surface area contributed by atoms with Crippen molar-refractivity contribution in [1.29, 1.82) is 0 Å². The van der Waals surface area contributed by atoms with Crippen molar-refractivity contribution >= 4 is 11.8 Å². The van der Waals surface area contributed by atoms with Crippen molar-refractivity contribution in [2.45, 2.75) is 23.9 Å². The monoisotopic (exact) mass is 245 g/mol. The van der Waals surface area contributed by atoms with Crippen molar-refractivity contribution in [3.05, 3.63) is 48.0 Å². The van der Waals surface area contributed by atoms with Gasteiger partial charge in [-0.2, -0.15) is 0 Å². The number of aromatic amines is 1. The highest BCUT2D eigenvalue weighted by Gasteiger charge is 2.24. The second-order valence-electron chi connectivity index (χ2n) is 4.26. The third-order valence-electron chi connectivity index (χ3n) is 3.08. The number of aromatic nitrogens is 2. The Kier molecular flexibility index (Phi) is 2.91. The van der Waals surface area contributed by atoms with Crippen LogP contribution in [0, 0.1) is 0 Å². The molecule has 4 heteroatoms. The van der Waals surface area contributed by atoms with E-state index in [0.29, 0.717) is 6.04 Å². The Morgan fingerprint density at radius 3 is 3.18 bits per heavy atom. The summed E-state index contributed by atoms with van der Waals surface area (Å²) in [6, 6.07) is 9.29. The van der Waals surface area contributed by atoms with Crippen LogP contribution in [0.1, 0.15) is 30.4 Å². The molecule has 0 amide bonds. The lowest BCUT2D eigenvalue weighted by Gasteiger charge is -2.18. The standard InChI is InChI=1S/C13H15N3S/c1-9(13-14-6-7-15-13)16-11-8-17-12-5-3-2-4-10(11)12/h2-7,9,11,16H,8H2,1H3,(H,14,15). The second kappa shape index (κ2) is 4.55. The van der Waals surface area contributed by atoms with Gasteiger partial charge in [0.15, 0.2) is 0 Å². The molecule has 0 saturated carbocycles. The van der Waals surface area contributed by atoms with E-state index < -0.39 is 0 Å². The van der Waals surface area contributed by atoms with Gasteiger partial charge in [0.25, 0.3) is 0 Å². The molecule has 0 aliphatic carbocycles. The van der Waals surface area contributed by atoms with E-state index in [1.165, 1.54) is 10.5 Å². The van der Waals surface area contributed by atoms with Gasteiger partial charge in [0.05, 0.1) is 6.04 Å². The first kappa shape index (κ1) is 10.9. The lowest BCUT2D eigenvalue weighted by Crippen LogP contribution is -2.25. The molecule has 1 aliphatic rings. The molecule has 0 saturated heterocycles. The Labute approximate surface area is 105 Å². The summed E-state index contributed by atoms with van der Waals surface area (Å²) in [5.41, 5.74) is 1.41. The highest BCUT2D eigenvalue weighted by molar-refractivity contribution is 7.99. The third kappa shape index (κ3) is 2.10. The fraction of sp³-hybridized carbons (Fsp3) is 0.308. The summed E-state index contributed by atoms with van der Waals surface area (Å²) >= 11 is 1.92. The van der Waals surface area contributed by atoms with E-state index in [0.717, 1.165) is 11.6 Å². The first-order valence-electron chi connectivity index (χ1n) is 5.81. The van der Waals surface area contributed by atoms with Crippen molar-refractivity contribution in [2.75, 3.05) is 5.75 Å². The zero-order valence-electron chi connectivity index (χ0n) is 9.68. The van der Waals surface area contributed by atoms with Gasteiger partial charge in [-0.25, -0.2) is 4.98 Å². The number of hydrogen-bond donors (Lipinski definition) is 2. The molecule has 17 heavy (non-hydrogen) atoms. The van der Waals surface area contributed by atoms with Gasteiger partial charge in [0.1, 0.15) is 5.82 Å². The SMILES string of the molecule is CC(NC1CSc2ccccc21)c1ncc[nH]1. The molecule has 1 aliphatic heterocycles. The van der Waals surface area contributed by atoms with E-state index in [2.05, 4.69) is 46.5 Å². The summed E-state index contributed by atoms with van der Waals surface area (Å²) in [5.74, 6) is 2.10. The van der Waals surface area contributed by atoms with Gasteiger partial charge >= 0.3 is 0 Å². The van der Waals surface area contributed by atoms with Crippen LogP contribution in [-0.2, 0) is 0 Å². The van der Waals surface area contributed by atoms with Gasteiger partial charge in [-0.3, -0.25) is 5.32 Å². The van der Waals surface area contributed by atoms with Crippen LogP contribution >= 0.6 is 11.8 Å².